The van der Waals surface area contributed by atoms with Gasteiger partial charge in [-0.2, -0.15) is 0 Å². The Morgan fingerprint density at radius 1 is 1.00 bits per heavy atom. The maximum absolute atomic E-state index is 13.2. The number of carbonyl (C=O) groups excluding carboxylic acids is 2. The Kier molecular flexibility index (Phi) is 3.96. The summed E-state index contributed by atoms with van der Waals surface area (Å²) in [6, 6.07) is 13.6. The van der Waals surface area contributed by atoms with Gasteiger partial charge in [-0.25, -0.2) is 9.69 Å². The number of fused-ring (bicyclic) bond motifs is 1. The first kappa shape index (κ1) is 16.1. The lowest BCUT2D eigenvalue weighted by molar-refractivity contribution is -0.132. The van der Waals surface area contributed by atoms with Crippen molar-refractivity contribution >= 4 is 22.7 Å². The number of urea groups is 1. The molecule has 0 radical (unpaired) electrons. The molecule has 0 aromatic heterocycles. The lowest BCUT2D eigenvalue weighted by Crippen LogP contribution is -2.45. The van der Waals surface area contributed by atoms with E-state index in [1.54, 1.807) is 0 Å². The zero-order valence-corrected chi connectivity index (χ0v) is 14.5. The highest BCUT2D eigenvalue weighted by atomic mass is 16.2. The van der Waals surface area contributed by atoms with Gasteiger partial charge in [-0.15, -0.1) is 0 Å². The summed E-state index contributed by atoms with van der Waals surface area (Å²) in [4.78, 5) is 29.3. The highest BCUT2D eigenvalue weighted by molar-refractivity contribution is 6.09. The van der Waals surface area contributed by atoms with E-state index in [9.17, 15) is 9.59 Å². The standard InChI is InChI=1S/C20H23N3O2/c1-20(17-11-7-9-15-8-3-4-10-16(15)17)18(24)23(19(25)21-20)14-22-12-5-2-6-13-22/h3-4,7-11H,2,5-6,12-14H2,1H3,(H,21,25)/t20-/m1/s1. The third-order valence-electron chi connectivity index (χ3n) is 5.39. The Morgan fingerprint density at radius 3 is 2.52 bits per heavy atom. The molecule has 2 saturated heterocycles. The van der Waals surface area contributed by atoms with E-state index < -0.39 is 5.54 Å². The van der Waals surface area contributed by atoms with Crippen molar-refractivity contribution in [2.75, 3.05) is 19.8 Å². The maximum Gasteiger partial charge on any atom is 0.326 e. The van der Waals surface area contributed by atoms with E-state index in [1.807, 2.05) is 49.4 Å². The molecule has 2 aliphatic heterocycles. The molecule has 0 aliphatic carbocycles. The number of likely N-dealkylation sites (tertiary alicyclic amines) is 1. The highest BCUT2D eigenvalue weighted by Crippen LogP contribution is 2.34. The predicted molar refractivity (Wildman–Crippen MR) is 97.0 cm³/mol. The largest absolute Gasteiger partial charge is 0.326 e. The first-order valence-corrected chi connectivity index (χ1v) is 8.94. The van der Waals surface area contributed by atoms with Crippen LogP contribution in [0.5, 0.6) is 0 Å². The smallest absolute Gasteiger partial charge is 0.319 e. The zero-order valence-electron chi connectivity index (χ0n) is 14.5. The minimum atomic E-state index is -1.02. The number of piperidine rings is 1. The molecule has 2 aromatic rings. The maximum atomic E-state index is 13.2. The van der Waals surface area contributed by atoms with Crippen LogP contribution in [-0.2, 0) is 10.3 Å². The Morgan fingerprint density at radius 2 is 1.72 bits per heavy atom. The third kappa shape index (κ3) is 2.68. The van der Waals surface area contributed by atoms with Crippen LogP contribution in [0.2, 0.25) is 0 Å². The van der Waals surface area contributed by atoms with Crippen molar-refractivity contribution in [3.63, 3.8) is 0 Å². The van der Waals surface area contributed by atoms with Crippen LogP contribution in [0.15, 0.2) is 42.5 Å². The predicted octanol–water partition coefficient (Wildman–Crippen LogP) is 3.05. The summed E-state index contributed by atoms with van der Waals surface area (Å²) in [6.45, 7) is 4.08. The van der Waals surface area contributed by atoms with Crippen molar-refractivity contribution in [1.29, 1.82) is 0 Å². The second-order valence-corrected chi connectivity index (χ2v) is 7.14. The number of hydrogen-bond acceptors (Lipinski definition) is 3. The van der Waals surface area contributed by atoms with Gasteiger partial charge in [-0.05, 0) is 49.2 Å². The summed E-state index contributed by atoms with van der Waals surface area (Å²) in [5.74, 6) is -0.167. The van der Waals surface area contributed by atoms with E-state index >= 15 is 0 Å². The molecule has 1 N–H and O–H groups in total. The molecule has 25 heavy (non-hydrogen) atoms. The number of imide groups is 1. The second-order valence-electron chi connectivity index (χ2n) is 7.14. The molecular formula is C20H23N3O2. The quantitative estimate of drug-likeness (QED) is 0.876. The van der Waals surface area contributed by atoms with Crippen molar-refractivity contribution < 1.29 is 9.59 Å². The monoisotopic (exact) mass is 337 g/mol. The fourth-order valence-corrected chi connectivity index (χ4v) is 3.97. The van der Waals surface area contributed by atoms with Crippen molar-refractivity contribution in [3.05, 3.63) is 48.0 Å². The van der Waals surface area contributed by atoms with Crippen LogP contribution >= 0.6 is 0 Å². The molecule has 2 heterocycles. The van der Waals surface area contributed by atoms with Crippen molar-refractivity contribution in [2.24, 2.45) is 0 Å². The molecule has 0 spiro atoms. The first-order valence-electron chi connectivity index (χ1n) is 8.94. The number of nitrogens with one attached hydrogen (secondary N) is 1. The van der Waals surface area contributed by atoms with Crippen LogP contribution in [0.3, 0.4) is 0 Å². The first-order chi connectivity index (χ1) is 12.1. The minimum Gasteiger partial charge on any atom is -0.319 e. The van der Waals surface area contributed by atoms with Crippen molar-refractivity contribution in [1.82, 2.24) is 15.1 Å². The van der Waals surface area contributed by atoms with Gasteiger partial charge in [0, 0.05) is 0 Å². The van der Waals surface area contributed by atoms with Gasteiger partial charge >= 0.3 is 6.03 Å². The summed E-state index contributed by atoms with van der Waals surface area (Å²) in [5, 5.41) is 5.01. The molecule has 5 heteroatoms. The molecule has 4 rings (SSSR count). The Labute approximate surface area is 147 Å². The molecule has 3 amide bonds. The van der Waals surface area contributed by atoms with E-state index in [-0.39, 0.29) is 11.9 Å². The lowest BCUT2D eigenvalue weighted by Gasteiger charge is -2.30. The molecular weight excluding hydrogens is 314 g/mol. The average Bonchev–Trinajstić information content (AvgIpc) is 2.86. The molecule has 2 fully saturated rings. The van der Waals surface area contributed by atoms with E-state index in [0.29, 0.717) is 6.67 Å². The summed E-state index contributed by atoms with van der Waals surface area (Å²) in [5.41, 5.74) is -0.168. The van der Waals surface area contributed by atoms with Crippen LogP contribution in [-0.4, -0.2) is 41.5 Å². The van der Waals surface area contributed by atoms with E-state index in [4.69, 9.17) is 0 Å². The molecule has 1 atom stereocenters. The Balaban J connectivity index is 1.67. The minimum absolute atomic E-state index is 0.167. The second kappa shape index (κ2) is 6.15. The summed E-state index contributed by atoms with van der Waals surface area (Å²) >= 11 is 0. The van der Waals surface area contributed by atoms with Crippen LogP contribution in [0.25, 0.3) is 10.8 Å². The van der Waals surface area contributed by atoms with Crippen LogP contribution < -0.4 is 5.32 Å². The molecule has 2 aromatic carbocycles. The summed E-state index contributed by atoms with van der Waals surface area (Å²) in [6.07, 6.45) is 3.48. The third-order valence-corrected chi connectivity index (χ3v) is 5.39. The van der Waals surface area contributed by atoms with Crippen molar-refractivity contribution in [2.45, 2.75) is 31.7 Å². The van der Waals surface area contributed by atoms with Crippen LogP contribution in [0.1, 0.15) is 31.7 Å². The van der Waals surface area contributed by atoms with E-state index in [1.165, 1.54) is 11.3 Å². The molecule has 2 aliphatic rings. The van der Waals surface area contributed by atoms with Gasteiger partial charge in [-0.3, -0.25) is 9.69 Å². The SMILES string of the molecule is C[C@]1(c2cccc3ccccc23)NC(=O)N(CN2CCCCC2)C1=O. The molecule has 0 saturated carbocycles. The number of amides is 3. The van der Waals surface area contributed by atoms with Gasteiger partial charge in [-0.1, -0.05) is 48.9 Å². The van der Waals surface area contributed by atoms with Gasteiger partial charge in [0.05, 0.1) is 6.67 Å². The van der Waals surface area contributed by atoms with Gasteiger partial charge in [0.1, 0.15) is 5.54 Å². The number of nitrogens with zero attached hydrogens (tertiary/aromatic N) is 2. The van der Waals surface area contributed by atoms with E-state index in [2.05, 4.69) is 10.2 Å². The highest BCUT2D eigenvalue weighted by Gasteiger charge is 2.49. The Bertz CT molecular complexity index is 823. The van der Waals surface area contributed by atoms with Gasteiger partial charge in [0.25, 0.3) is 5.91 Å². The molecule has 0 unspecified atom stereocenters. The number of carbonyl (C=O) groups is 2. The lowest BCUT2D eigenvalue weighted by atomic mass is 9.88. The molecule has 130 valence electrons. The van der Waals surface area contributed by atoms with Crippen molar-refractivity contribution in [3.8, 4) is 0 Å². The number of hydrogen-bond donors (Lipinski definition) is 1. The molecule has 5 nitrogen and oxygen atoms in total. The Hall–Kier alpha value is -2.40. The summed E-state index contributed by atoms with van der Waals surface area (Å²) < 4.78 is 0. The van der Waals surface area contributed by atoms with Gasteiger partial charge in [0.15, 0.2) is 0 Å². The average molecular weight is 337 g/mol. The van der Waals surface area contributed by atoms with Gasteiger partial charge < -0.3 is 5.32 Å². The van der Waals surface area contributed by atoms with Crippen LogP contribution in [0, 0.1) is 0 Å². The normalized spacial score (nSPS) is 24.8. The molecule has 0 bridgehead atoms. The number of rotatable bonds is 3. The van der Waals surface area contributed by atoms with E-state index in [0.717, 1.165) is 42.3 Å². The zero-order chi connectivity index (χ0) is 17.4. The van der Waals surface area contributed by atoms with Crippen LogP contribution in [0.4, 0.5) is 4.79 Å². The fraction of sp³-hybridized carbons (Fsp3) is 0.400. The summed E-state index contributed by atoms with van der Waals surface area (Å²) in [7, 11) is 0. The topological polar surface area (TPSA) is 52.7 Å². The fourth-order valence-electron chi connectivity index (χ4n) is 3.97. The number of benzene rings is 2. The van der Waals surface area contributed by atoms with Gasteiger partial charge in [0.2, 0.25) is 0 Å².